The Labute approximate surface area is 40.2 Å². The summed E-state index contributed by atoms with van der Waals surface area (Å²) >= 11 is 0. The van der Waals surface area contributed by atoms with E-state index in [1.165, 1.54) is 0 Å². The third kappa shape index (κ3) is 177. The van der Waals surface area contributed by atoms with Gasteiger partial charge in [0.15, 0.2) is 0 Å². The minimum atomic E-state index is 0. The van der Waals surface area contributed by atoms with Gasteiger partial charge in [-0.3, -0.25) is 0 Å². The predicted octanol–water partition coefficient (Wildman–Crippen LogP) is -0.478. The molecule has 5 heteroatoms. The molecule has 0 aromatic heterocycles. The summed E-state index contributed by atoms with van der Waals surface area (Å²) in [5, 5.41) is 0. The summed E-state index contributed by atoms with van der Waals surface area (Å²) in [6, 6.07) is 0. The molecule has 0 N–H and O–H groups in total. The smallest absolute Gasteiger partial charge is 2.00 e. The van der Waals surface area contributed by atoms with Crippen LogP contribution in [0.15, 0.2) is 0 Å². The Kier molecular flexibility index (Phi) is 53100. The van der Waals surface area contributed by atoms with Gasteiger partial charge >= 0.3 is 17.4 Å². The van der Waals surface area contributed by atoms with Crippen LogP contribution in [0.5, 0.6) is 0 Å². The van der Waals surface area contributed by atoms with Crippen LogP contribution in [0, 0.1) is 0 Å². The third-order valence-corrected chi connectivity index (χ3v) is 0. The number of rotatable bonds is 0. The molecule has 0 unspecified atom stereocenters. The molecule has 0 aromatic rings. The van der Waals surface area contributed by atoms with Crippen LogP contribution in [-0.2, 0) is 39.3 Å². The molecule has 0 saturated heterocycles. The van der Waals surface area contributed by atoms with Gasteiger partial charge < -0.3 is 21.9 Å². The molecule has 0 bridgehead atoms. The van der Waals surface area contributed by atoms with Gasteiger partial charge in [0.05, 0.1) is 0 Å². The van der Waals surface area contributed by atoms with Crippen molar-refractivity contribution in [1.82, 2.24) is 0 Å². The SMILES string of the molecule is [Cr+8].[O-2].[O-2].[O-2].[O-2]. The van der Waals surface area contributed by atoms with Crippen molar-refractivity contribution in [3.63, 3.8) is 0 Å². The molecule has 0 aliphatic carbocycles. The minimum absolute atomic E-state index is 0. The zero-order chi connectivity index (χ0) is 0. The van der Waals surface area contributed by atoms with Gasteiger partial charge in [-0.1, -0.05) is 0 Å². The van der Waals surface area contributed by atoms with Gasteiger partial charge in [0, 0.05) is 0 Å². The van der Waals surface area contributed by atoms with Gasteiger partial charge in [-0.25, -0.2) is 0 Å². The zero-order valence-electron chi connectivity index (χ0n) is 2.04. The van der Waals surface area contributed by atoms with Crippen molar-refractivity contribution in [2.24, 2.45) is 0 Å². The maximum atomic E-state index is 0. The average molecular weight is 116 g/mol. The second kappa shape index (κ2) is 358. The largest absolute Gasteiger partial charge is 8.00 e. The van der Waals surface area contributed by atoms with Gasteiger partial charge in [-0.2, -0.15) is 0 Å². The van der Waals surface area contributed by atoms with Crippen molar-refractivity contribution < 1.29 is 39.3 Å². The fourth-order valence-corrected chi connectivity index (χ4v) is 0. The molecule has 0 aliphatic heterocycles. The van der Waals surface area contributed by atoms with Crippen molar-refractivity contribution >= 4 is 0 Å². The molecule has 5 heavy (non-hydrogen) atoms. The van der Waals surface area contributed by atoms with Crippen LogP contribution in [0.1, 0.15) is 0 Å². The summed E-state index contributed by atoms with van der Waals surface area (Å²) in [5.74, 6) is 0. The fourth-order valence-electron chi connectivity index (χ4n) is 0. The number of hydrogen-bond donors (Lipinski definition) is 0. The van der Waals surface area contributed by atoms with Crippen molar-refractivity contribution in [2.75, 3.05) is 0 Å². The standard InChI is InChI=1S/Cr.4O/q+8;4*-2. The van der Waals surface area contributed by atoms with E-state index >= 15 is 0 Å². The first-order valence-corrected chi connectivity index (χ1v) is 0. The Morgan fingerprint density at radius 1 is 0.400 bits per heavy atom. The second-order valence-electron chi connectivity index (χ2n) is 0. The normalized spacial score (nSPS) is 0. The van der Waals surface area contributed by atoms with E-state index in [0.717, 1.165) is 0 Å². The van der Waals surface area contributed by atoms with E-state index < -0.39 is 0 Å². The molecule has 0 radical (unpaired) electrons. The molecule has 0 atom stereocenters. The van der Waals surface area contributed by atoms with Gasteiger partial charge in [-0.05, 0) is 0 Å². The Balaban J connectivity index is 0. The summed E-state index contributed by atoms with van der Waals surface area (Å²) in [7, 11) is 0. The first-order chi connectivity index (χ1) is 0. The van der Waals surface area contributed by atoms with Crippen LogP contribution in [-0.4, -0.2) is 0 Å². The van der Waals surface area contributed by atoms with E-state index in [0.29, 0.717) is 0 Å². The molecule has 0 aliphatic rings. The average Bonchev–Trinajstić information content (AvgIpc) is 0. The van der Waals surface area contributed by atoms with Gasteiger partial charge in [-0.15, -0.1) is 0 Å². The monoisotopic (exact) mass is 116 g/mol. The van der Waals surface area contributed by atoms with Gasteiger partial charge in [0.2, 0.25) is 0 Å². The number of hydrogen-bond acceptors (Lipinski definition) is 0. The van der Waals surface area contributed by atoms with Crippen LogP contribution >= 0.6 is 0 Å². The van der Waals surface area contributed by atoms with Crippen molar-refractivity contribution in [3.05, 3.63) is 0 Å². The molecule has 0 amide bonds. The summed E-state index contributed by atoms with van der Waals surface area (Å²) in [4.78, 5) is 0. The van der Waals surface area contributed by atoms with Gasteiger partial charge in [0.25, 0.3) is 0 Å². The molecule has 0 aromatic carbocycles. The molecule has 30 valence electrons. The summed E-state index contributed by atoms with van der Waals surface area (Å²) in [5.41, 5.74) is 0. The van der Waals surface area contributed by atoms with Crippen LogP contribution in [0.3, 0.4) is 0 Å². The van der Waals surface area contributed by atoms with E-state index in [-0.39, 0.29) is 39.3 Å². The van der Waals surface area contributed by atoms with Crippen molar-refractivity contribution in [2.45, 2.75) is 0 Å². The Morgan fingerprint density at radius 2 is 0.400 bits per heavy atom. The molecule has 0 saturated carbocycles. The minimum Gasteiger partial charge on any atom is -2.00 e. The van der Waals surface area contributed by atoms with Crippen molar-refractivity contribution in [1.29, 1.82) is 0 Å². The van der Waals surface area contributed by atoms with E-state index in [1.807, 2.05) is 0 Å². The zero-order valence-corrected chi connectivity index (χ0v) is 3.32. The quantitative estimate of drug-likeness (QED) is 0.406. The van der Waals surface area contributed by atoms with Crippen molar-refractivity contribution in [3.8, 4) is 0 Å². The van der Waals surface area contributed by atoms with Crippen LogP contribution in [0.4, 0.5) is 0 Å². The molecule has 0 fully saturated rings. The fraction of sp³-hybridized carbons (Fsp3) is 0. The topological polar surface area (TPSA) is 114 Å². The van der Waals surface area contributed by atoms with E-state index in [9.17, 15) is 0 Å². The van der Waals surface area contributed by atoms with E-state index in [2.05, 4.69) is 0 Å². The molecule has 0 rings (SSSR count). The first kappa shape index (κ1) is 740. The Bertz CT molecular complexity index is 3.61. The second-order valence-corrected chi connectivity index (χ2v) is 0. The maximum Gasteiger partial charge on any atom is 8.00 e. The van der Waals surface area contributed by atoms with Crippen LogP contribution in [0.25, 0.3) is 0 Å². The first-order valence-electron chi connectivity index (χ1n) is 0. The molecule has 0 spiro atoms. The molecular formula is CrO4. The van der Waals surface area contributed by atoms with Crippen LogP contribution < -0.4 is 0 Å². The van der Waals surface area contributed by atoms with E-state index in [1.54, 1.807) is 0 Å². The summed E-state index contributed by atoms with van der Waals surface area (Å²) < 4.78 is 0. The molecular weight excluding hydrogens is 116 g/mol. The summed E-state index contributed by atoms with van der Waals surface area (Å²) in [6.07, 6.45) is 0. The summed E-state index contributed by atoms with van der Waals surface area (Å²) in [6.45, 7) is 0. The van der Waals surface area contributed by atoms with Gasteiger partial charge in [0.1, 0.15) is 0 Å². The Morgan fingerprint density at radius 3 is 0.400 bits per heavy atom. The predicted molar refractivity (Wildman–Crippen MR) is 2.75 cm³/mol. The molecule has 4 nitrogen and oxygen atoms in total. The van der Waals surface area contributed by atoms with Crippen LogP contribution in [0.2, 0.25) is 0 Å². The van der Waals surface area contributed by atoms with E-state index in [4.69, 9.17) is 0 Å². The Hall–Kier alpha value is 0.372. The third-order valence-electron chi connectivity index (χ3n) is 0. The molecule has 0 heterocycles. The maximum absolute atomic E-state index is 0.